The minimum absolute atomic E-state index is 0.0492. The van der Waals surface area contributed by atoms with Crippen molar-refractivity contribution in [3.05, 3.63) is 0 Å². The lowest BCUT2D eigenvalue weighted by Crippen LogP contribution is -2.42. The molecule has 5 atom stereocenters. The maximum atomic E-state index is 13.2. The van der Waals surface area contributed by atoms with Crippen molar-refractivity contribution in [3.8, 4) is 0 Å². The highest BCUT2D eigenvalue weighted by Crippen LogP contribution is 2.43. The number of Topliss-reactive ketones (excluding diaryl/α,β-unsaturated/α-hetero) is 2. The van der Waals surface area contributed by atoms with Crippen LogP contribution in [0.15, 0.2) is 0 Å². The fraction of sp³-hybridized carbons (Fsp3) is 0.808. The van der Waals surface area contributed by atoms with Gasteiger partial charge in [0.25, 0.3) is 0 Å². The lowest BCUT2D eigenvalue weighted by Gasteiger charge is -2.31. The first-order chi connectivity index (χ1) is 16.8. The van der Waals surface area contributed by atoms with Gasteiger partial charge in [-0.3, -0.25) is 19.2 Å². The Bertz CT molecular complexity index is 782. The number of ketones is 2. The first kappa shape index (κ1) is 27.3. The summed E-state index contributed by atoms with van der Waals surface area (Å²) in [5.74, 6) is 0.620. The van der Waals surface area contributed by atoms with Gasteiger partial charge in [-0.15, -0.1) is 0 Å². The quantitative estimate of drug-likeness (QED) is 0.306. The fourth-order valence-corrected chi connectivity index (χ4v) is 6.03. The molecule has 5 unspecified atom stereocenters. The van der Waals surface area contributed by atoms with Gasteiger partial charge in [-0.25, -0.2) is 0 Å². The molecule has 3 amide bonds. The smallest absolute Gasteiger partial charge is 0.239 e. The minimum Gasteiger partial charge on any atom is -0.355 e. The average molecular weight is 491 g/mol. The minimum atomic E-state index is -0.458. The molecule has 1 heterocycles. The number of hydrogen-bond donors (Lipinski definition) is 4. The van der Waals surface area contributed by atoms with E-state index >= 15 is 0 Å². The van der Waals surface area contributed by atoms with Gasteiger partial charge in [0.2, 0.25) is 17.7 Å². The summed E-state index contributed by atoms with van der Waals surface area (Å²) in [6.07, 6.45) is 11.3. The van der Waals surface area contributed by atoms with Crippen molar-refractivity contribution in [2.45, 2.75) is 96.1 Å². The molecule has 9 heteroatoms. The summed E-state index contributed by atoms with van der Waals surface area (Å²) in [5.41, 5.74) is 0. The largest absolute Gasteiger partial charge is 0.355 e. The van der Waals surface area contributed by atoms with Crippen LogP contribution in [0.5, 0.6) is 0 Å². The van der Waals surface area contributed by atoms with Crippen molar-refractivity contribution in [2.24, 2.45) is 17.8 Å². The van der Waals surface area contributed by atoms with E-state index in [1.54, 1.807) is 0 Å². The maximum absolute atomic E-state index is 13.2. The third-order valence-corrected chi connectivity index (χ3v) is 7.86. The van der Waals surface area contributed by atoms with E-state index in [2.05, 4.69) is 21.3 Å². The lowest BCUT2D eigenvalue weighted by molar-refractivity contribution is -0.128. The third kappa shape index (κ3) is 8.40. The zero-order chi connectivity index (χ0) is 25.2. The molecule has 2 bridgehead atoms. The number of unbranched alkanes of at least 4 members (excludes halogenated alkanes) is 1. The Hall–Kier alpha value is -2.29. The van der Waals surface area contributed by atoms with Crippen molar-refractivity contribution in [2.75, 3.05) is 19.6 Å². The Labute approximate surface area is 208 Å². The van der Waals surface area contributed by atoms with Crippen molar-refractivity contribution < 1.29 is 24.0 Å². The molecule has 0 aromatic heterocycles. The second-order valence-corrected chi connectivity index (χ2v) is 10.5. The third-order valence-electron chi connectivity index (χ3n) is 7.86. The molecule has 1 aliphatic heterocycles. The molecule has 0 aromatic carbocycles. The van der Waals surface area contributed by atoms with Gasteiger partial charge in [0.15, 0.2) is 5.78 Å². The van der Waals surface area contributed by atoms with E-state index in [1.807, 2.05) is 0 Å². The summed E-state index contributed by atoms with van der Waals surface area (Å²) in [6, 6.07) is 0.314. The number of carbonyl (C=O) groups is 5. The highest BCUT2D eigenvalue weighted by molar-refractivity contribution is 5.90. The molecule has 0 radical (unpaired) electrons. The molecule has 2 saturated carbocycles. The highest BCUT2D eigenvalue weighted by atomic mass is 16.2. The van der Waals surface area contributed by atoms with Crippen LogP contribution in [0.2, 0.25) is 0 Å². The van der Waals surface area contributed by atoms with Crippen LogP contribution in [0.3, 0.4) is 0 Å². The summed E-state index contributed by atoms with van der Waals surface area (Å²) < 4.78 is 0. The fourth-order valence-electron chi connectivity index (χ4n) is 6.03. The van der Waals surface area contributed by atoms with Gasteiger partial charge in [0.1, 0.15) is 5.78 Å². The van der Waals surface area contributed by atoms with E-state index in [9.17, 15) is 24.0 Å². The van der Waals surface area contributed by atoms with Gasteiger partial charge in [-0.2, -0.15) is 0 Å². The Morgan fingerprint density at radius 3 is 2.17 bits per heavy atom. The predicted molar refractivity (Wildman–Crippen MR) is 131 cm³/mol. The molecule has 4 N–H and O–H groups in total. The molecular formula is C26H42N4O5. The topological polar surface area (TPSA) is 133 Å². The van der Waals surface area contributed by atoms with Gasteiger partial charge < -0.3 is 26.1 Å². The van der Waals surface area contributed by atoms with Gasteiger partial charge >= 0.3 is 0 Å². The number of nitrogens with one attached hydrogen (secondary N) is 4. The van der Waals surface area contributed by atoms with Crippen LogP contribution in [0.25, 0.3) is 0 Å². The molecule has 3 aliphatic rings. The molecule has 2 aliphatic carbocycles. The SMILES string of the molecule is CC(=O)CCC(=O)NCC(=O)NCC(=O)NCCCCC1NC2C3CCCCC(CCC3)C2C1=O. The van der Waals surface area contributed by atoms with E-state index in [1.165, 1.54) is 51.9 Å². The molecule has 0 spiro atoms. The first-order valence-electron chi connectivity index (χ1n) is 13.4. The molecule has 196 valence electrons. The lowest BCUT2D eigenvalue weighted by atomic mass is 9.75. The normalized spacial score (nSPS) is 27.8. The van der Waals surface area contributed by atoms with Crippen molar-refractivity contribution in [3.63, 3.8) is 0 Å². The Morgan fingerprint density at radius 1 is 0.800 bits per heavy atom. The van der Waals surface area contributed by atoms with Crippen LogP contribution in [-0.4, -0.2) is 61.0 Å². The second kappa shape index (κ2) is 13.7. The van der Waals surface area contributed by atoms with Crippen molar-refractivity contribution in [1.82, 2.24) is 21.3 Å². The molecule has 0 aromatic rings. The number of carbonyl (C=O) groups excluding carboxylic acids is 5. The van der Waals surface area contributed by atoms with E-state index in [0.717, 1.165) is 19.3 Å². The zero-order valence-corrected chi connectivity index (χ0v) is 21.0. The summed E-state index contributed by atoms with van der Waals surface area (Å²) in [6.45, 7) is 1.52. The van der Waals surface area contributed by atoms with Crippen LogP contribution < -0.4 is 21.3 Å². The highest BCUT2D eigenvalue weighted by Gasteiger charge is 2.49. The van der Waals surface area contributed by atoms with Crippen LogP contribution in [0, 0.1) is 17.8 Å². The van der Waals surface area contributed by atoms with Gasteiger partial charge in [-0.05, 0) is 63.7 Å². The van der Waals surface area contributed by atoms with Gasteiger partial charge in [0.05, 0.1) is 19.1 Å². The van der Waals surface area contributed by atoms with E-state index in [-0.39, 0.29) is 55.5 Å². The van der Waals surface area contributed by atoms with Crippen LogP contribution in [-0.2, 0) is 24.0 Å². The summed E-state index contributed by atoms with van der Waals surface area (Å²) in [7, 11) is 0. The summed E-state index contributed by atoms with van der Waals surface area (Å²) in [4.78, 5) is 59.3. The zero-order valence-electron chi connectivity index (χ0n) is 21.0. The first-order valence-corrected chi connectivity index (χ1v) is 13.4. The van der Waals surface area contributed by atoms with Crippen LogP contribution in [0.4, 0.5) is 0 Å². The second-order valence-electron chi connectivity index (χ2n) is 10.5. The summed E-state index contributed by atoms with van der Waals surface area (Å²) >= 11 is 0. The standard InChI is InChI=1S/C26H42N4O5/c1-17(31)12-13-21(32)28-16-23(34)29-15-22(33)27-14-5-4-11-20-26(35)24-18-7-2-3-8-19(10-6-9-18)25(24)30-20/h18-20,24-25,30H,2-16H2,1H3,(H,27,33)(H,28,32)(H,29,34). The Balaban J connectivity index is 1.27. The number of hydrogen-bond acceptors (Lipinski definition) is 6. The van der Waals surface area contributed by atoms with Crippen molar-refractivity contribution >= 4 is 29.3 Å². The Kier molecular flexibility index (Phi) is 10.7. The van der Waals surface area contributed by atoms with Gasteiger partial charge in [0, 0.05) is 31.3 Å². The maximum Gasteiger partial charge on any atom is 0.239 e. The Morgan fingerprint density at radius 2 is 1.43 bits per heavy atom. The molecular weight excluding hydrogens is 448 g/mol. The van der Waals surface area contributed by atoms with E-state index in [0.29, 0.717) is 30.2 Å². The van der Waals surface area contributed by atoms with Crippen LogP contribution in [0.1, 0.15) is 84.0 Å². The molecule has 35 heavy (non-hydrogen) atoms. The summed E-state index contributed by atoms with van der Waals surface area (Å²) in [5, 5.41) is 11.4. The van der Waals surface area contributed by atoms with Crippen LogP contribution >= 0.6 is 0 Å². The molecule has 3 fully saturated rings. The predicted octanol–water partition coefficient (Wildman–Crippen LogP) is 1.39. The molecule has 3 rings (SSSR count). The molecule has 9 nitrogen and oxygen atoms in total. The van der Waals surface area contributed by atoms with Gasteiger partial charge in [-0.1, -0.05) is 19.3 Å². The van der Waals surface area contributed by atoms with E-state index in [4.69, 9.17) is 0 Å². The number of amides is 3. The van der Waals surface area contributed by atoms with Crippen molar-refractivity contribution in [1.29, 1.82) is 0 Å². The number of rotatable bonds is 12. The van der Waals surface area contributed by atoms with E-state index < -0.39 is 5.91 Å². The average Bonchev–Trinajstić information content (AvgIpc) is 3.10. The monoisotopic (exact) mass is 490 g/mol. The molecule has 1 saturated heterocycles.